The zero-order chi connectivity index (χ0) is 10.8. The molecule has 1 N–H and O–H groups in total. The number of hydrogen-bond donors (Lipinski definition) is 1. The Morgan fingerprint density at radius 2 is 1.93 bits per heavy atom. The molecule has 1 heterocycles. The molecule has 76 valence electrons. The highest BCUT2D eigenvalue weighted by Gasteiger charge is 2.13. The van der Waals surface area contributed by atoms with Crippen LogP contribution in [0.5, 0.6) is 5.75 Å². The molecule has 0 unspecified atom stereocenters. The molecule has 2 aromatic rings. The van der Waals surface area contributed by atoms with Gasteiger partial charge in [-0.2, -0.15) is 0 Å². The van der Waals surface area contributed by atoms with Crippen LogP contribution in [0.15, 0.2) is 36.5 Å². The lowest BCUT2D eigenvalue weighted by Gasteiger charge is -2.05. The van der Waals surface area contributed by atoms with E-state index in [1.807, 2.05) is 0 Å². The summed E-state index contributed by atoms with van der Waals surface area (Å²) < 4.78 is 26.1. The second-order valence-corrected chi connectivity index (χ2v) is 3.00. The highest BCUT2D eigenvalue weighted by atomic mass is 19.1. The highest BCUT2D eigenvalue weighted by molar-refractivity contribution is 5.67. The first-order valence-corrected chi connectivity index (χ1v) is 4.28. The van der Waals surface area contributed by atoms with E-state index in [1.165, 1.54) is 12.3 Å². The summed E-state index contributed by atoms with van der Waals surface area (Å²) in [6, 6.07) is 6.43. The fraction of sp³-hybridized carbons (Fsp3) is 0. The van der Waals surface area contributed by atoms with Crippen LogP contribution in [-0.4, -0.2) is 10.1 Å². The summed E-state index contributed by atoms with van der Waals surface area (Å²) in [6.07, 6.45) is 1.47. The molecule has 0 radical (unpaired) electrons. The van der Waals surface area contributed by atoms with Gasteiger partial charge in [-0.1, -0.05) is 6.07 Å². The van der Waals surface area contributed by atoms with E-state index in [0.29, 0.717) is 6.07 Å². The molecule has 4 heteroatoms. The Balaban J connectivity index is 2.64. The fourth-order valence-corrected chi connectivity index (χ4v) is 1.32. The summed E-state index contributed by atoms with van der Waals surface area (Å²) >= 11 is 0. The van der Waals surface area contributed by atoms with E-state index in [1.54, 1.807) is 12.1 Å². The number of aromatic hydroxyl groups is 1. The zero-order valence-electron chi connectivity index (χ0n) is 7.61. The third kappa shape index (κ3) is 1.79. The van der Waals surface area contributed by atoms with Crippen molar-refractivity contribution < 1.29 is 13.9 Å². The van der Waals surface area contributed by atoms with E-state index in [9.17, 15) is 13.9 Å². The lowest BCUT2D eigenvalue weighted by Crippen LogP contribution is -1.89. The van der Waals surface area contributed by atoms with Gasteiger partial charge in [-0.05, 0) is 12.1 Å². The highest BCUT2D eigenvalue weighted by Crippen LogP contribution is 2.30. The van der Waals surface area contributed by atoms with Crippen molar-refractivity contribution in [3.8, 4) is 17.0 Å². The van der Waals surface area contributed by atoms with Gasteiger partial charge >= 0.3 is 0 Å². The monoisotopic (exact) mass is 207 g/mol. The summed E-state index contributed by atoms with van der Waals surface area (Å²) in [6.45, 7) is 0. The number of halogens is 2. The zero-order valence-corrected chi connectivity index (χ0v) is 7.61. The summed E-state index contributed by atoms with van der Waals surface area (Å²) in [7, 11) is 0. The number of pyridine rings is 1. The van der Waals surface area contributed by atoms with Crippen molar-refractivity contribution in [1.29, 1.82) is 0 Å². The summed E-state index contributed by atoms with van der Waals surface area (Å²) in [5.41, 5.74) is 0.185. The van der Waals surface area contributed by atoms with Gasteiger partial charge in [0, 0.05) is 18.3 Å². The third-order valence-corrected chi connectivity index (χ3v) is 1.96. The topological polar surface area (TPSA) is 33.1 Å². The van der Waals surface area contributed by atoms with Crippen LogP contribution in [0.1, 0.15) is 0 Å². The van der Waals surface area contributed by atoms with Crippen molar-refractivity contribution in [3.05, 3.63) is 48.2 Å². The Morgan fingerprint density at radius 3 is 2.53 bits per heavy atom. The third-order valence-electron chi connectivity index (χ3n) is 1.96. The second-order valence-electron chi connectivity index (χ2n) is 3.00. The molecule has 0 aliphatic rings. The number of phenolic OH excluding ortho intramolecular Hbond substituents is 1. The van der Waals surface area contributed by atoms with Crippen molar-refractivity contribution in [3.63, 3.8) is 0 Å². The Bertz CT molecular complexity index is 462. The van der Waals surface area contributed by atoms with Gasteiger partial charge in [0.05, 0.1) is 11.3 Å². The molecule has 0 fully saturated rings. The number of rotatable bonds is 1. The molecular formula is C11H7F2NO. The lowest BCUT2D eigenvalue weighted by atomic mass is 10.1. The van der Waals surface area contributed by atoms with Crippen LogP contribution in [0.2, 0.25) is 0 Å². The average molecular weight is 207 g/mol. The summed E-state index contributed by atoms with van der Waals surface area (Å²) in [5.74, 6) is -2.10. The van der Waals surface area contributed by atoms with E-state index < -0.39 is 17.4 Å². The molecule has 2 nitrogen and oxygen atoms in total. The molecule has 0 saturated heterocycles. The minimum Gasteiger partial charge on any atom is -0.507 e. The quantitative estimate of drug-likeness (QED) is 0.779. The first-order chi connectivity index (χ1) is 7.18. The lowest BCUT2D eigenvalue weighted by molar-refractivity contribution is 0.463. The molecular weight excluding hydrogens is 200 g/mol. The minimum absolute atomic E-state index is 0.0861. The van der Waals surface area contributed by atoms with Gasteiger partial charge < -0.3 is 5.11 Å². The maximum absolute atomic E-state index is 13.4. The second kappa shape index (κ2) is 3.65. The van der Waals surface area contributed by atoms with Gasteiger partial charge in [0.2, 0.25) is 0 Å². The Morgan fingerprint density at radius 1 is 1.13 bits per heavy atom. The molecule has 0 spiro atoms. The number of benzene rings is 1. The van der Waals surface area contributed by atoms with Gasteiger partial charge in [-0.25, -0.2) is 8.78 Å². The van der Waals surface area contributed by atoms with E-state index in [-0.39, 0.29) is 11.3 Å². The predicted octanol–water partition coefficient (Wildman–Crippen LogP) is 2.73. The normalized spacial score (nSPS) is 10.3. The first-order valence-electron chi connectivity index (χ1n) is 4.28. The molecule has 2 rings (SSSR count). The van der Waals surface area contributed by atoms with Crippen molar-refractivity contribution >= 4 is 0 Å². The Kier molecular flexibility index (Phi) is 2.33. The van der Waals surface area contributed by atoms with Crippen LogP contribution in [0, 0.1) is 11.6 Å². The SMILES string of the molecule is Oc1cc(F)cc(F)c1-c1ccccn1. The number of phenols is 1. The van der Waals surface area contributed by atoms with Gasteiger partial charge in [0.1, 0.15) is 17.4 Å². The van der Waals surface area contributed by atoms with Crippen molar-refractivity contribution in [2.24, 2.45) is 0 Å². The van der Waals surface area contributed by atoms with Crippen LogP contribution in [0.3, 0.4) is 0 Å². The van der Waals surface area contributed by atoms with Crippen molar-refractivity contribution in [2.75, 3.05) is 0 Å². The van der Waals surface area contributed by atoms with Crippen molar-refractivity contribution in [1.82, 2.24) is 4.98 Å². The van der Waals surface area contributed by atoms with Crippen LogP contribution < -0.4 is 0 Å². The first kappa shape index (κ1) is 9.58. The molecule has 0 saturated carbocycles. The predicted molar refractivity (Wildman–Crippen MR) is 51.3 cm³/mol. The van der Waals surface area contributed by atoms with Crippen molar-refractivity contribution in [2.45, 2.75) is 0 Å². The van der Waals surface area contributed by atoms with Gasteiger partial charge in [0.15, 0.2) is 0 Å². The molecule has 15 heavy (non-hydrogen) atoms. The van der Waals surface area contributed by atoms with E-state index in [0.717, 1.165) is 6.07 Å². The van der Waals surface area contributed by atoms with Crippen LogP contribution in [0.25, 0.3) is 11.3 Å². The molecule has 0 amide bonds. The maximum atomic E-state index is 13.4. The average Bonchev–Trinajstić information content (AvgIpc) is 2.17. The van der Waals surface area contributed by atoms with Crippen LogP contribution in [0.4, 0.5) is 8.78 Å². The molecule has 0 atom stereocenters. The Labute approximate surface area is 84.8 Å². The molecule has 0 aliphatic carbocycles. The standard InChI is InChI=1S/C11H7F2NO/c12-7-5-8(13)11(10(15)6-7)9-3-1-2-4-14-9/h1-6,15H. The summed E-state index contributed by atoms with van der Waals surface area (Å²) in [5, 5.41) is 9.41. The molecule has 0 aliphatic heterocycles. The van der Waals surface area contributed by atoms with E-state index in [4.69, 9.17) is 0 Å². The minimum atomic E-state index is -0.828. The molecule has 0 bridgehead atoms. The Hall–Kier alpha value is -1.97. The van der Waals surface area contributed by atoms with Crippen LogP contribution >= 0.6 is 0 Å². The van der Waals surface area contributed by atoms with Crippen LogP contribution in [-0.2, 0) is 0 Å². The van der Waals surface area contributed by atoms with Gasteiger partial charge in [0.25, 0.3) is 0 Å². The molecule has 1 aromatic carbocycles. The maximum Gasteiger partial charge on any atom is 0.139 e. The number of aromatic nitrogens is 1. The van der Waals surface area contributed by atoms with Gasteiger partial charge in [-0.3, -0.25) is 4.98 Å². The largest absolute Gasteiger partial charge is 0.507 e. The molecule has 1 aromatic heterocycles. The van der Waals surface area contributed by atoms with E-state index >= 15 is 0 Å². The smallest absolute Gasteiger partial charge is 0.139 e. The number of nitrogens with zero attached hydrogens (tertiary/aromatic N) is 1. The fourth-order valence-electron chi connectivity index (χ4n) is 1.32. The van der Waals surface area contributed by atoms with E-state index in [2.05, 4.69) is 4.98 Å². The van der Waals surface area contributed by atoms with Gasteiger partial charge in [-0.15, -0.1) is 0 Å². The summed E-state index contributed by atoms with van der Waals surface area (Å²) in [4.78, 5) is 3.88. The number of hydrogen-bond acceptors (Lipinski definition) is 2.